The zero-order chi connectivity index (χ0) is 19.4. The number of esters is 1. The standard InChI is InChI=1S/C9H8O4.C5H6N2.C3H5NO2/c1-13-9(12)7-4-2-3-6(5-7)8(10)11;6-5-2-1-3-7-4-5;4-3-1-5-2-6-3/h2-5H,1H3,(H,10,11);1-4H,6H2;1H,2,4H2. The number of hydrogen-bond acceptors (Lipinski definition) is 8. The van der Waals surface area contributed by atoms with Crippen LogP contribution >= 0.6 is 0 Å². The molecule has 9 nitrogen and oxygen atoms in total. The molecule has 3 rings (SSSR count). The van der Waals surface area contributed by atoms with Gasteiger partial charge in [-0.2, -0.15) is 0 Å². The van der Waals surface area contributed by atoms with Gasteiger partial charge in [0.05, 0.1) is 23.9 Å². The van der Waals surface area contributed by atoms with Gasteiger partial charge >= 0.3 is 11.9 Å². The summed E-state index contributed by atoms with van der Waals surface area (Å²) in [5.41, 5.74) is 11.4. The fraction of sp³-hybridized carbons (Fsp3) is 0.118. The van der Waals surface area contributed by atoms with Crippen LogP contribution in [0.2, 0.25) is 0 Å². The zero-order valence-electron chi connectivity index (χ0n) is 14.0. The highest BCUT2D eigenvalue weighted by Crippen LogP contribution is 2.06. The zero-order valence-corrected chi connectivity index (χ0v) is 14.0. The molecule has 0 bridgehead atoms. The summed E-state index contributed by atoms with van der Waals surface area (Å²) in [7, 11) is 1.25. The molecule has 2 aromatic rings. The molecule has 1 aromatic heterocycles. The molecule has 5 N–H and O–H groups in total. The molecule has 0 saturated heterocycles. The maximum Gasteiger partial charge on any atom is 0.337 e. The number of anilines is 1. The lowest BCUT2D eigenvalue weighted by Gasteiger charge is -1.99. The van der Waals surface area contributed by atoms with E-state index < -0.39 is 11.9 Å². The molecule has 9 heteroatoms. The highest BCUT2D eigenvalue weighted by atomic mass is 16.7. The molecule has 1 aliphatic rings. The summed E-state index contributed by atoms with van der Waals surface area (Å²) in [6, 6.07) is 9.28. The van der Waals surface area contributed by atoms with Gasteiger partial charge in [0.1, 0.15) is 6.26 Å². The SMILES string of the molecule is COC(=O)c1cccc(C(=O)O)c1.NC1=COCO1.Nc1cccnc1. The van der Waals surface area contributed by atoms with E-state index in [2.05, 4.69) is 19.2 Å². The summed E-state index contributed by atoms with van der Waals surface area (Å²) in [5.74, 6) is -1.25. The van der Waals surface area contributed by atoms with Crippen molar-refractivity contribution >= 4 is 17.6 Å². The number of nitrogens with two attached hydrogens (primary N) is 2. The van der Waals surface area contributed by atoms with E-state index in [-0.39, 0.29) is 17.9 Å². The quantitative estimate of drug-likeness (QED) is 0.678. The molecule has 2 heterocycles. The molecular formula is C17H19N3O6. The third-order valence-corrected chi connectivity index (χ3v) is 2.71. The lowest BCUT2D eigenvalue weighted by Crippen LogP contribution is -2.03. The lowest BCUT2D eigenvalue weighted by molar-refractivity contribution is 0.0600. The van der Waals surface area contributed by atoms with E-state index in [1.54, 1.807) is 24.5 Å². The summed E-state index contributed by atoms with van der Waals surface area (Å²) in [6.45, 7) is 0.270. The van der Waals surface area contributed by atoms with E-state index in [1.807, 2.05) is 0 Å². The normalized spacial score (nSPS) is 11.2. The Kier molecular flexibility index (Phi) is 8.52. The first kappa shape index (κ1) is 20.3. The van der Waals surface area contributed by atoms with Gasteiger partial charge in [0.2, 0.25) is 12.7 Å². The second kappa shape index (κ2) is 10.9. The number of pyridine rings is 1. The van der Waals surface area contributed by atoms with E-state index in [9.17, 15) is 9.59 Å². The average Bonchev–Trinajstić information content (AvgIpc) is 3.14. The highest BCUT2D eigenvalue weighted by molar-refractivity contribution is 5.94. The number of hydrogen-bond donors (Lipinski definition) is 3. The molecule has 0 saturated carbocycles. The summed E-state index contributed by atoms with van der Waals surface area (Å²) in [6.07, 6.45) is 4.68. The lowest BCUT2D eigenvalue weighted by atomic mass is 10.1. The van der Waals surface area contributed by atoms with Crippen molar-refractivity contribution in [2.45, 2.75) is 0 Å². The van der Waals surface area contributed by atoms with E-state index in [1.165, 1.54) is 37.6 Å². The van der Waals surface area contributed by atoms with Gasteiger partial charge in [-0.3, -0.25) is 4.98 Å². The van der Waals surface area contributed by atoms with Crippen molar-refractivity contribution in [2.24, 2.45) is 5.73 Å². The van der Waals surface area contributed by atoms with E-state index >= 15 is 0 Å². The minimum atomic E-state index is -1.06. The van der Waals surface area contributed by atoms with Crippen LogP contribution in [-0.4, -0.2) is 35.9 Å². The van der Waals surface area contributed by atoms with Gasteiger partial charge in [0, 0.05) is 12.4 Å². The molecular weight excluding hydrogens is 342 g/mol. The van der Waals surface area contributed by atoms with Crippen molar-refractivity contribution in [3.63, 3.8) is 0 Å². The first-order chi connectivity index (χ1) is 12.4. The second-order valence-corrected chi connectivity index (χ2v) is 4.61. The Morgan fingerprint density at radius 1 is 1.19 bits per heavy atom. The first-order valence-electron chi connectivity index (χ1n) is 7.21. The maximum absolute atomic E-state index is 11.0. The fourth-order valence-electron chi connectivity index (χ4n) is 1.53. The van der Waals surface area contributed by atoms with Crippen LogP contribution in [0.5, 0.6) is 0 Å². The van der Waals surface area contributed by atoms with Gasteiger partial charge in [-0.1, -0.05) is 6.07 Å². The topological polar surface area (TPSA) is 147 Å². The molecule has 0 unspecified atom stereocenters. The number of nitrogens with zero attached hydrogens (tertiary/aromatic N) is 1. The van der Waals surface area contributed by atoms with Crippen LogP contribution in [-0.2, 0) is 14.2 Å². The smallest absolute Gasteiger partial charge is 0.337 e. The molecule has 26 heavy (non-hydrogen) atoms. The van der Waals surface area contributed by atoms with Crippen LogP contribution in [0.25, 0.3) is 0 Å². The van der Waals surface area contributed by atoms with Gasteiger partial charge in [0.15, 0.2) is 0 Å². The molecule has 0 amide bonds. The van der Waals surface area contributed by atoms with E-state index in [4.69, 9.17) is 16.6 Å². The third-order valence-electron chi connectivity index (χ3n) is 2.71. The van der Waals surface area contributed by atoms with Crippen LogP contribution < -0.4 is 11.5 Å². The largest absolute Gasteiger partial charge is 0.478 e. The average molecular weight is 361 g/mol. The van der Waals surface area contributed by atoms with Gasteiger partial charge in [-0.05, 0) is 30.3 Å². The number of rotatable bonds is 2. The minimum Gasteiger partial charge on any atom is -0.478 e. The Balaban J connectivity index is 0.000000217. The number of aromatic carboxylic acids is 1. The number of ether oxygens (including phenoxy) is 3. The summed E-state index contributed by atoms with van der Waals surface area (Å²) >= 11 is 0. The number of carbonyl (C=O) groups excluding carboxylic acids is 1. The number of benzene rings is 1. The van der Waals surface area contributed by atoms with E-state index in [0.29, 0.717) is 11.6 Å². The minimum absolute atomic E-state index is 0.0721. The molecule has 1 aliphatic heterocycles. The Labute approximate surface area is 149 Å². The third kappa shape index (κ3) is 7.68. The number of carboxylic acid groups (broad SMARTS) is 1. The van der Waals surface area contributed by atoms with Gasteiger partial charge in [-0.15, -0.1) is 0 Å². The Morgan fingerprint density at radius 3 is 2.31 bits per heavy atom. The number of carboxylic acids is 1. The van der Waals surface area contributed by atoms with Gasteiger partial charge < -0.3 is 30.8 Å². The molecule has 0 spiro atoms. The van der Waals surface area contributed by atoms with Crippen molar-refractivity contribution in [3.8, 4) is 0 Å². The Bertz CT molecular complexity index is 749. The van der Waals surface area contributed by atoms with Crippen LogP contribution in [0.4, 0.5) is 5.69 Å². The molecule has 138 valence electrons. The van der Waals surface area contributed by atoms with Crippen LogP contribution in [0.3, 0.4) is 0 Å². The van der Waals surface area contributed by atoms with Crippen molar-refractivity contribution in [1.29, 1.82) is 0 Å². The molecule has 0 radical (unpaired) electrons. The van der Waals surface area contributed by atoms with Gasteiger partial charge in [-0.25, -0.2) is 9.59 Å². The second-order valence-electron chi connectivity index (χ2n) is 4.61. The Morgan fingerprint density at radius 2 is 1.92 bits per heavy atom. The van der Waals surface area contributed by atoms with Crippen molar-refractivity contribution in [2.75, 3.05) is 19.6 Å². The maximum atomic E-state index is 11.0. The predicted octanol–water partition coefficient (Wildman–Crippen LogP) is 1.58. The first-order valence-corrected chi connectivity index (χ1v) is 7.21. The summed E-state index contributed by atoms with van der Waals surface area (Å²) in [4.78, 5) is 25.2. The van der Waals surface area contributed by atoms with Crippen molar-refractivity contribution in [1.82, 2.24) is 4.98 Å². The van der Waals surface area contributed by atoms with Crippen LogP contribution in [0.15, 0.2) is 60.9 Å². The fourth-order valence-corrected chi connectivity index (χ4v) is 1.53. The van der Waals surface area contributed by atoms with Crippen molar-refractivity contribution in [3.05, 3.63) is 72.1 Å². The summed E-state index contributed by atoms with van der Waals surface area (Å²) in [5, 5.41) is 8.61. The number of nitrogen functional groups attached to an aromatic ring is 1. The molecule has 0 atom stereocenters. The Hall–Kier alpha value is -3.75. The number of carbonyl (C=O) groups is 2. The molecule has 1 aromatic carbocycles. The predicted molar refractivity (Wildman–Crippen MR) is 92.7 cm³/mol. The molecule has 0 aliphatic carbocycles. The monoisotopic (exact) mass is 361 g/mol. The number of methoxy groups -OCH3 is 1. The molecule has 0 fully saturated rings. The summed E-state index contributed by atoms with van der Waals surface area (Å²) < 4.78 is 13.6. The van der Waals surface area contributed by atoms with Crippen molar-refractivity contribution < 1.29 is 28.9 Å². The number of aromatic nitrogens is 1. The highest BCUT2D eigenvalue weighted by Gasteiger charge is 2.08. The van der Waals surface area contributed by atoms with Crippen LogP contribution in [0.1, 0.15) is 20.7 Å². The van der Waals surface area contributed by atoms with Crippen LogP contribution in [0, 0.1) is 0 Å². The van der Waals surface area contributed by atoms with E-state index in [0.717, 1.165) is 0 Å². The van der Waals surface area contributed by atoms with Gasteiger partial charge in [0.25, 0.3) is 0 Å².